The molecule has 0 radical (unpaired) electrons. The van der Waals surface area contributed by atoms with Crippen LogP contribution < -0.4 is 15.4 Å². The van der Waals surface area contributed by atoms with E-state index in [1.165, 1.54) is 17.9 Å². The van der Waals surface area contributed by atoms with Crippen LogP contribution in [0.3, 0.4) is 0 Å². The van der Waals surface area contributed by atoms with Crippen LogP contribution in [0.4, 0.5) is 5.82 Å². The zero-order valence-electron chi connectivity index (χ0n) is 22.2. The molecular weight excluding hydrogens is 536 g/mol. The van der Waals surface area contributed by atoms with Crippen LogP contribution in [0.25, 0.3) is 28.4 Å². The van der Waals surface area contributed by atoms with Gasteiger partial charge in [-0.3, -0.25) is 9.36 Å². The largest absolute Gasteiger partial charge is 0.497 e. The second-order valence-electron chi connectivity index (χ2n) is 9.30. The van der Waals surface area contributed by atoms with E-state index in [-0.39, 0.29) is 18.0 Å². The zero-order chi connectivity index (χ0) is 28.7. The van der Waals surface area contributed by atoms with Crippen molar-refractivity contribution in [3.63, 3.8) is 0 Å². The van der Waals surface area contributed by atoms with E-state index in [1.54, 1.807) is 30.1 Å². The third-order valence-electron chi connectivity index (χ3n) is 6.59. The van der Waals surface area contributed by atoms with E-state index in [1.807, 2.05) is 25.1 Å². The molecule has 1 fully saturated rings. The molecule has 0 saturated carbocycles. The molecular formula is C25H26N10O6. The van der Waals surface area contributed by atoms with Crippen LogP contribution >= 0.6 is 0 Å². The van der Waals surface area contributed by atoms with Crippen LogP contribution in [0.5, 0.6) is 5.75 Å². The van der Waals surface area contributed by atoms with E-state index in [0.29, 0.717) is 34.2 Å². The van der Waals surface area contributed by atoms with E-state index in [0.717, 1.165) is 5.69 Å². The number of anilines is 1. The molecule has 16 heteroatoms. The minimum atomic E-state index is -1.46. The monoisotopic (exact) mass is 562 g/mol. The SMILES string of the molecule is CNC(=O)[C@H]1O[C@@H](n2cnc3c(NCc4cc(C)no4)nc(-c4cn(-c5cccc(OC)c5)nn4)nc32)[C@H](O)[C@@H]1O. The number of hydrogen-bond acceptors (Lipinski definition) is 13. The summed E-state index contributed by atoms with van der Waals surface area (Å²) < 4.78 is 19.4. The predicted octanol–water partition coefficient (Wildman–Crippen LogP) is 0.356. The first-order chi connectivity index (χ1) is 19.9. The van der Waals surface area contributed by atoms with Gasteiger partial charge in [0, 0.05) is 19.2 Å². The van der Waals surface area contributed by atoms with Crippen molar-refractivity contribution < 1.29 is 29.0 Å². The maximum absolute atomic E-state index is 12.2. The molecule has 16 nitrogen and oxygen atoms in total. The maximum Gasteiger partial charge on any atom is 0.251 e. The number of benzene rings is 1. The van der Waals surface area contributed by atoms with E-state index >= 15 is 0 Å². The smallest absolute Gasteiger partial charge is 0.251 e. The van der Waals surface area contributed by atoms with Gasteiger partial charge < -0.3 is 34.8 Å². The Morgan fingerprint density at radius 3 is 2.80 bits per heavy atom. The van der Waals surface area contributed by atoms with Gasteiger partial charge in [-0.1, -0.05) is 16.4 Å². The summed E-state index contributed by atoms with van der Waals surface area (Å²) >= 11 is 0. The summed E-state index contributed by atoms with van der Waals surface area (Å²) in [6, 6.07) is 9.08. The van der Waals surface area contributed by atoms with Crippen molar-refractivity contribution in [2.24, 2.45) is 0 Å². The van der Waals surface area contributed by atoms with Crippen LogP contribution in [0.2, 0.25) is 0 Å². The van der Waals surface area contributed by atoms with Gasteiger partial charge in [-0.25, -0.2) is 19.6 Å². The Morgan fingerprint density at radius 1 is 1.20 bits per heavy atom. The highest BCUT2D eigenvalue weighted by atomic mass is 16.6. The van der Waals surface area contributed by atoms with Gasteiger partial charge in [0.05, 0.1) is 37.6 Å². The van der Waals surface area contributed by atoms with Gasteiger partial charge in [0.15, 0.2) is 46.6 Å². The molecule has 41 heavy (non-hydrogen) atoms. The summed E-state index contributed by atoms with van der Waals surface area (Å²) in [4.78, 5) is 26.0. The number of aryl methyl sites for hydroxylation is 1. The number of rotatable bonds is 8. The molecule has 1 aliphatic heterocycles. The van der Waals surface area contributed by atoms with E-state index < -0.39 is 30.4 Å². The fourth-order valence-corrected chi connectivity index (χ4v) is 4.50. The Morgan fingerprint density at radius 2 is 2.05 bits per heavy atom. The first-order valence-corrected chi connectivity index (χ1v) is 12.6. The first kappa shape index (κ1) is 26.3. The second-order valence-corrected chi connectivity index (χ2v) is 9.30. The number of aliphatic hydroxyl groups excluding tert-OH is 2. The summed E-state index contributed by atoms with van der Waals surface area (Å²) in [5.74, 6) is 1.19. The lowest BCUT2D eigenvalue weighted by molar-refractivity contribution is -0.137. The third-order valence-corrected chi connectivity index (χ3v) is 6.59. The molecule has 0 aliphatic carbocycles. The van der Waals surface area contributed by atoms with E-state index in [9.17, 15) is 15.0 Å². The van der Waals surface area contributed by atoms with Crippen LogP contribution in [0.15, 0.2) is 47.4 Å². The lowest BCUT2D eigenvalue weighted by atomic mass is 10.1. The second kappa shape index (κ2) is 10.6. The number of nitrogens with one attached hydrogen (secondary N) is 2. The molecule has 1 aromatic carbocycles. The van der Waals surface area contributed by atoms with Crippen molar-refractivity contribution in [1.82, 2.24) is 45.0 Å². The van der Waals surface area contributed by atoms with Crippen molar-refractivity contribution in [2.75, 3.05) is 19.5 Å². The van der Waals surface area contributed by atoms with Crippen molar-refractivity contribution in [3.05, 3.63) is 54.3 Å². The molecule has 0 spiro atoms. The van der Waals surface area contributed by atoms with Crippen molar-refractivity contribution in [2.45, 2.75) is 38.0 Å². The topological polar surface area (TPSA) is 200 Å². The van der Waals surface area contributed by atoms with Crippen LogP contribution in [0.1, 0.15) is 17.7 Å². The number of likely N-dealkylation sites (N-methyl/N-ethyl adjacent to an activating group) is 1. The number of carbonyl (C=O) groups is 1. The molecule has 4 atom stereocenters. The minimum Gasteiger partial charge on any atom is -0.497 e. The number of aromatic nitrogens is 8. The number of fused-ring (bicyclic) bond motifs is 1. The molecule has 0 unspecified atom stereocenters. The number of aliphatic hydroxyl groups is 2. The van der Waals surface area contributed by atoms with Crippen LogP contribution in [-0.2, 0) is 16.1 Å². The lowest BCUT2D eigenvalue weighted by Gasteiger charge is -2.16. The molecule has 212 valence electrons. The fourth-order valence-electron chi connectivity index (χ4n) is 4.50. The molecule has 0 bridgehead atoms. The van der Waals surface area contributed by atoms with E-state index in [2.05, 4.69) is 41.1 Å². The summed E-state index contributed by atoms with van der Waals surface area (Å²) in [7, 11) is 2.99. The molecule has 6 rings (SSSR count). The zero-order valence-corrected chi connectivity index (χ0v) is 22.2. The Bertz CT molecular complexity index is 1710. The molecule has 4 aromatic heterocycles. The quantitative estimate of drug-likeness (QED) is 0.202. The molecule has 1 saturated heterocycles. The number of nitrogens with zero attached hydrogens (tertiary/aromatic N) is 8. The maximum atomic E-state index is 12.2. The minimum absolute atomic E-state index is 0.195. The molecule has 5 heterocycles. The Hall–Kier alpha value is -4.93. The summed E-state index contributed by atoms with van der Waals surface area (Å²) in [5, 5.41) is 39.2. The van der Waals surface area contributed by atoms with E-state index in [4.69, 9.17) is 14.0 Å². The molecule has 4 N–H and O–H groups in total. The van der Waals surface area contributed by atoms with Gasteiger partial charge in [-0.15, -0.1) is 5.10 Å². The highest BCUT2D eigenvalue weighted by Crippen LogP contribution is 2.33. The molecule has 5 aromatic rings. The fraction of sp³-hybridized carbons (Fsp3) is 0.320. The molecule has 1 amide bonds. The van der Waals surface area contributed by atoms with Crippen LogP contribution in [0, 0.1) is 6.92 Å². The average molecular weight is 563 g/mol. The summed E-state index contributed by atoms with van der Waals surface area (Å²) in [6.07, 6.45) is -2.28. The van der Waals surface area contributed by atoms with Gasteiger partial charge >= 0.3 is 0 Å². The average Bonchev–Trinajstić information content (AvgIpc) is 3.79. The molecule has 1 aliphatic rings. The highest BCUT2D eigenvalue weighted by molar-refractivity contribution is 5.85. The van der Waals surface area contributed by atoms with Gasteiger partial charge in [-0.05, 0) is 19.1 Å². The lowest BCUT2D eigenvalue weighted by Crippen LogP contribution is -2.41. The van der Waals surface area contributed by atoms with Gasteiger partial charge in [0.25, 0.3) is 5.91 Å². The first-order valence-electron chi connectivity index (χ1n) is 12.6. The number of imidazole rings is 1. The number of amides is 1. The summed E-state index contributed by atoms with van der Waals surface area (Å²) in [6.45, 7) is 2.06. The highest BCUT2D eigenvalue weighted by Gasteiger charge is 2.47. The van der Waals surface area contributed by atoms with Crippen molar-refractivity contribution in [3.8, 4) is 23.0 Å². The predicted molar refractivity (Wildman–Crippen MR) is 141 cm³/mol. The third kappa shape index (κ3) is 4.83. The number of hydrogen-bond donors (Lipinski definition) is 4. The standard InChI is InChI=1S/C25H26N10O6/c1-12-7-15(41-32-12)9-27-22-17-23(34(11-28-17)25-19(37)18(36)20(40-25)24(38)26-2)30-21(29-22)16-10-35(33-31-16)13-5-4-6-14(8-13)39-3/h4-8,10-11,18-20,25,36-37H,9H2,1-3H3,(H,26,38)(H,27,29,30)/t18-,19+,20-,25+/m0/s1. The number of carbonyl (C=O) groups excluding carboxylic acids is 1. The van der Waals surface area contributed by atoms with Crippen LogP contribution in [-0.4, -0.2) is 88.3 Å². The van der Waals surface area contributed by atoms with Crippen molar-refractivity contribution >= 4 is 22.9 Å². The van der Waals surface area contributed by atoms with Gasteiger partial charge in [0.2, 0.25) is 0 Å². The number of ether oxygens (including phenoxy) is 2. The van der Waals surface area contributed by atoms with Crippen molar-refractivity contribution in [1.29, 1.82) is 0 Å². The Labute approximate surface area is 231 Å². The normalized spacial score (nSPS) is 20.4. The Kier molecular flexibility index (Phi) is 6.78. The summed E-state index contributed by atoms with van der Waals surface area (Å²) in [5.41, 5.74) is 2.39. The number of methoxy groups -OCH3 is 1. The Balaban J connectivity index is 1.41. The van der Waals surface area contributed by atoms with Gasteiger partial charge in [-0.2, -0.15) is 0 Å². The van der Waals surface area contributed by atoms with Gasteiger partial charge in [0.1, 0.15) is 18.0 Å².